The summed E-state index contributed by atoms with van der Waals surface area (Å²) in [5.41, 5.74) is 0. The molecule has 1 saturated heterocycles. The number of cyclic esters (lactones) is 2. The Hall–Kier alpha value is -1.39. The number of carbonyl (C=O) groups excluding carboxylic acids is 3. The first kappa shape index (κ1) is 11.1. The molecule has 2 fully saturated rings. The molecular weight excluding hydrogens is 212 g/mol. The summed E-state index contributed by atoms with van der Waals surface area (Å²) in [4.78, 5) is 34.7. The molecule has 0 amide bonds. The van der Waals surface area contributed by atoms with Crippen molar-refractivity contribution in [2.24, 2.45) is 11.8 Å². The largest absolute Gasteiger partial charge is 0.422 e. The summed E-state index contributed by atoms with van der Waals surface area (Å²) in [6.07, 6.45) is 2.26. The Morgan fingerprint density at radius 3 is 2.19 bits per heavy atom. The predicted molar refractivity (Wildman–Crippen MR) is 52.1 cm³/mol. The van der Waals surface area contributed by atoms with E-state index in [-0.39, 0.29) is 12.2 Å². The summed E-state index contributed by atoms with van der Waals surface area (Å²) in [6.45, 7) is 2.93. The highest BCUT2D eigenvalue weighted by molar-refractivity contribution is 6.15. The Morgan fingerprint density at radius 2 is 1.75 bits per heavy atom. The number of hydrogen-bond donors (Lipinski definition) is 0. The maximum Gasteiger partial charge on any atom is 0.331 e. The van der Waals surface area contributed by atoms with E-state index in [4.69, 9.17) is 9.47 Å². The van der Waals surface area contributed by atoms with Crippen LogP contribution in [-0.2, 0) is 23.9 Å². The van der Waals surface area contributed by atoms with Gasteiger partial charge in [-0.1, -0.05) is 0 Å². The van der Waals surface area contributed by atoms with Gasteiger partial charge in [-0.15, -0.1) is 0 Å². The van der Waals surface area contributed by atoms with Crippen LogP contribution in [0.4, 0.5) is 0 Å². The average Bonchev–Trinajstić information content (AvgIpc) is 2.83. The third-order valence-corrected chi connectivity index (χ3v) is 2.67. The summed E-state index contributed by atoms with van der Waals surface area (Å²) < 4.78 is 9.75. The first-order chi connectivity index (χ1) is 7.39. The highest BCUT2D eigenvalue weighted by Gasteiger charge is 2.47. The van der Waals surface area contributed by atoms with Crippen molar-refractivity contribution in [1.29, 1.82) is 0 Å². The van der Waals surface area contributed by atoms with Crippen molar-refractivity contribution < 1.29 is 23.9 Å². The molecule has 0 aromatic rings. The van der Waals surface area contributed by atoms with E-state index in [2.05, 4.69) is 0 Å². The van der Waals surface area contributed by atoms with Crippen LogP contribution in [0.2, 0.25) is 0 Å². The van der Waals surface area contributed by atoms with Crippen LogP contribution in [0.3, 0.4) is 0 Å². The van der Waals surface area contributed by atoms with E-state index in [1.807, 2.05) is 0 Å². The van der Waals surface area contributed by atoms with Crippen LogP contribution in [0.5, 0.6) is 0 Å². The number of hydrogen-bond acceptors (Lipinski definition) is 5. The van der Waals surface area contributed by atoms with Crippen molar-refractivity contribution in [3.05, 3.63) is 0 Å². The zero-order valence-electron chi connectivity index (χ0n) is 9.32. The van der Waals surface area contributed by atoms with Crippen molar-refractivity contribution in [3.8, 4) is 0 Å². The van der Waals surface area contributed by atoms with E-state index in [1.54, 1.807) is 0 Å². The summed E-state index contributed by atoms with van der Waals surface area (Å²) in [5.74, 6) is -4.24. The SMILES string of the molecule is CC1(C)OC(=O)C(C(=O)CC2CC2)C(=O)O1. The van der Waals surface area contributed by atoms with Crippen LogP contribution in [0.1, 0.15) is 33.1 Å². The second-order valence-electron chi connectivity index (χ2n) is 4.79. The third-order valence-electron chi connectivity index (χ3n) is 2.67. The number of ketones is 1. The lowest BCUT2D eigenvalue weighted by Crippen LogP contribution is -2.49. The molecule has 0 aromatic heterocycles. The van der Waals surface area contributed by atoms with E-state index in [1.165, 1.54) is 13.8 Å². The Kier molecular flexibility index (Phi) is 2.48. The molecule has 0 N–H and O–H groups in total. The van der Waals surface area contributed by atoms with Gasteiger partial charge in [0.05, 0.1) is 0 Å². The molecule has 1 aliphatic heterocycles. The lowest BCUT2D eigenvalue weighted by atomic mass is 9.98. The highest BCUT2D eigenvalue weighted by Crippen LogP contribution is 2.34. The minimum atomic E-state index is -1.37. The smallest absolute Gasteiger partial charge is 0.331 e. The standard InChI is InChI=1S/C11H14O5/c1-11(2)15-9(13)8(10(14)16-11)7(12)5-6-3-4-6/h6,8H,3-5H2,1-2H3. The molecule has 2 aliphatic rings. The van der Waals surface area contributed by atoms with Gasteiger partial charge in [0.2, 0.25) is 5.92 Å². The molecule has 0 unspecified atom stereocenters. The molecule has 5 nitrogen and oxygen atoms in total. The predicted octanol–water partition coefficient (Wildman–Crippen LogP) is 0.808. The first-order valence-corrected chi connectivity index (χ1v) is 5.37. The molecule has 0 spiro atoms. The molecule has 5 heteroatoms. The monoisotopic (exact) mass is 226 g/mol. The van der Waals surface area contributed by atoms with Crippen molar-refractivity contribution >= 4 is 17.7 Å². The van der Waals surface area contributed by atoms with Crippen LogP contribution >= 0.6 is 0 Å². The molecule has 1 saturated carbocycles. The molecule has 0 atom stereocenters. The molecular formula is C11H14O5. The van der Waals surface area contributed by atoms with Crippen LogP contribution in [0.25, 0.3) is 0 Å². The topological polar surface area (TPSA) is 69.7 Å². The zero-order chi connectivity index (χ0) is 11.9. The first-order valence-electron chi connectivity index (χ1n) is 5.37. The minimum Gasteiger partial charge on any atom is -0.422 e. The van der Waals surface area contributed by atoms with E-state index in [0.29, 0.717) is 5.92 Å². The fraction of sp³-hybridized carbons (Fsp3) is 0.727. The van der Waals surface area contributed by atoms with Crippen molar-refractivity contribution in [3.63, 3.8) is 0 Å². The summed E-state index contributed by atoms with van der Waals surface area (Å²) in [6, 6.07) is 0. The molecule has 2 rings (SSSR count). The van der Waals surface area contributed by atoms with Crippen LogP contribution in [-0.4, -0.2) is 23.5 Å². The van der Waals surface area contributed by atoms with E-state index >= 15 is 0 Å². The normalized spacial score (nSPS) is 24.9. The molecule has 1 aliphatic carbocycles. The maximum atomic E-state index is 11.7. The Bertz CT molecular complexity index is 322. The van der Waals surface area contributed by atoms with Crippen molar-refractivity contribution in [2.45, 2.75) is 38.9 Å². The van der Waals surface area contributed by atoms with Crippen molar-refractivity contribution in [1.82, 2.24) is 0 Å². The Balaban J connectivity index is 2.06. The van der Waals surface area contributed by atoms with E-state index < -0.39 is 23.6 Å². The fourth-order valence-electron chi connectivity index (χ4n) is 1.71. The van der Waals surface area contributed by atoms with Crippen LogP contribution in [0, 0.1) is 11.8 Å². The Labute approximate surface area is 93.1 Å². The number of esters is 2. The highest BCUT2D eigenvalue weighted by atomic mass is 16.7. The van der Waals surface area contributed by atoms with Gasteiger partial charge < -0.3 is 9.47 Å². The van der Waals surface area contributed by atoms with E-state index in [0.717, 1.165) is 12.8 Å². The second kappa shape index (κ2) is 3.57. The summed E-state index contributed by atoms with van der Waals surface area (Å²) in [7, 11) is 0. The number of rotatable bonds is 3. The molecule has 16 heavy (non-hydrogen) atoms. The quantitative estimate of drug-likeness (QED) is 0.526. The molecule has 0 aromatic carbocycles. The Morgan fingerprint density at radius 1 is 1.25 bits per heavy atom. The van der Waals surface area contributed by atoms with Gasteiger partial charge in [-0.05, 0) is 18.8 Å². The molecule has 1 heterocycles. The lowest BCUT2D eigenvalue weighted by molar-refractivity contribution is -0.238. The van der Waals surface area contributed by atoms with Crippen molar-refractivity contribution in [2.75, 3.05) is 0 Å². The van der Waals surface area contributed by atoms with Gasteiger partial charge in [0.25, 0.3) is 5.79 Å². The maximum absolute atomic E-state index is 11.7. The number of carbonyl (C=O) groups is 3. The van der Waals surface area contributed by atoms with Gasteiger partial charge >= 0.3 is 11.9 Å². The lowest BCUT2D eigenvalue weighted by Gasteiger charge is -2.32. The van der Waals surface area contributed by atoms with Gasteiger partial charge in [0, 0.05) is 20.3 Å². The van der Waals surface area contributed by atoms with E-state index in [9.17, 15) is 14.4 Å². The van der Waals surface area contributed by atoms with Gasteiger partial charge in [-0.2, -0.15) is 0 Å². The third kappa shape index (κ3) is 2.23. The second-order valence-corrected chi connectivity index (χ2v) is 4.79. The molecule has 88 valence electrons. The zero-order valence-corrected chi connectivity index (χ0v) is 9.32. The van der Waals surface area contributed by atoms with Crippen LogP contribution in [0.15, 0.2) is 0 Å². The van der Waals surface area contributed by atoms with Gasteiger partial charge in [-0.25, -0.2) is 0 Å². The minimum absolute atomic E-state index is 0.273. The molecule has 0 bridgehead atoms. The number of ether oxygens (including phenoxy) is 2. The summed E-state index contributed by atoms with van der Waals surface area (Å²) in [5, 5.41) is 0. The average molecular weight is 226 g/mol. The van der Waals surface area contributed by atoms with Gasteiger partial charge in [0.15, 0.2) is 5.78 Å². The summed E-state index contributed by atoms with van der Waals surface area (Å²) >= 11 is 0. The number of Topliss-reactive ketones (excluding diaryl/α,β-unsaturated/α-hetero) is 1. The molecule has 0 radical (unpaired) electrons. The fourth-order valence-corrected chi connectivity index (χ4v) is 1.71. The van der Waals surface area contributed by atoms with Gasteiger partial charge in [0.1, 0.15) is 0 Å². The van der Waals surface area contributed by atoms with Crippen LogP contribution < -0.4 is 0 Å². The van der Waals surface area contributed by atoms with Gasteiger partial charge in [-0.3, -0.25) is 14.4 Å².